The topological polar surface area (TPSA) is 43.1 Å². The fourth-order valence-corrected chi connectivity index (χ4v) is 2.20. The van der Waals surface area contributed by atoms with Gasteiger partial charge in [0.1, 0.15) is 0 Å². The van der Waals surface area contributed by atoms with Crippen LogP contribution in [0.25, 0.3) is 0 Å². The fourth-order valence-electron chi connectivity index (χ4n) is 2.20. The predicted molar refractivity (Wildman–Crippen MR) is 56.4 cm³/mol. The highest BCUT2D eigenvalue weighted by atomic mass is 16.6. The van der Waals surface area contributed by atoms with E-state index >= 15 is 0 Å². The summed E-state index contributed by atoms with van der Waals surface area (Å²) in [7, 11) is 0. The summed E-state index contributed by atoms with van der Waals surface area (Å²) in [6.45, 7) is 4.52. The molecule has 80 valence electrons. The highest BCUT2D eigenvalue weighted by Crippen LogP contribution is 2.33. The van der Waals surface area contributed by atoms with Crippen molar-refractivity contribution in [2.75, 3.05) is 0 Å². The second-order valence-electron chi connectivity index (χ2n) is 4.55. The third kappa shape index (κ3) is 3.48. The van der Waals surface area contributed by atoms with Gasteiger partial charge in [-0.15, -0.1) is 0 Å². The van der Waals surface area contributed by atoms with Crippen LogP contribution in [0.4, 0.5) is 0 Å². The van der Waals surface area contributed by atoms with E-state index < -0.39 is 0 Å². The molecule has 1 saturated carbocycles. The Kier molecular flexibility index (Phi) is 4.11. The van der Waals surface area contributed by atoms with Crippen molar-refractivity contribution in [2.45, 2.75) is 39.5 Å². The molecular formula is C11H19NO2. The molecule has 1 rings (SSSR count). The third-order valence-electron chi connectivity index (χ3n) is 3.24. The molecule has 1 fully saturated rings. The molecule has 0 aromatic rings. The van der Waals surface area contributed by atoms with Gasteiger partial charge in [0.05, 0.1) is 4.92 Å². The van der Waals surface area contributed by atoms with Gasteiger partial charge >= 0.3 is 0 Å². The Morgan fingerprint density at radius 3 is 2.29 bits per heavy atom. The number of allylic oxidation sites excluding steroid dienone is 1. The lowest BCUT2D eigenvalue weighted by Crippen LogP contribution is -2.17. The molecule has 1 aliphatic rings. The zero-order valence-corrected chi connectivity index (χ0v) is 8.98. The van der Waals surface area contributed by atoms with Gasteiger partial charge in [0.25, 0.3) is 0 Å². The molecule has 0 bridgehead atoms. The van der Waals surface area contributed by atoms with E-state index in [4.69, 9.17) is 0 Å². The van der Waals surface area contributed by atoms with Crippen molar-refractivity contribution in [2.24, 2.45) is 17.8 Å². The average Bonchev–Trinajstić information content (AvgIpc) is 2.15. The SMILES string of the molecule is CC(C)C1CCC(/C=C/[N+](=O)[O-])CC1. The highest BCUT2D eigenvalue weighted by molar-refractivity contribution is 4.87. The Morgan fingerprint density at radius 1 is 1.29 bits per heavy atom. The summed E-state index contributed by atoms with van der Waals surface area (Å²) in [5, 5.41) is 10.1. The lowest BCUT2D eigenvalue weighted by molar-refractivity contribution is -0.402. The zero-order valence-electron chi connectivity index (χ0n) is 8.98. The van der Waals surface area contributed by atoms with Crippen LogP contribution in [0.5, 0.6) is 0 Å². The van der Waals surface area contributed by atoms with E-state index in [2.05, 4.69) is 13.8 Å². The van der Waals surface area contributed by atoms with Crippen LogP contribution in [0, 0.1) is 27.9 Å². The monoisotopic (exact) mass is 197 g/mol. The van der Waals surface area contributed by atoms with Gasteiger partial charge in [0.2, 0.25) is 6.20 Å². The molecule has 0 aromatic carbocycles. The molecule has 0 saturated heterocycles. The van der Waals surface area contributed by atoms with E-state index in [0.717, 1.165) is 30.9 Å². The molecule has 14 heavy (non-hydrogen) atoms. The molecule has 0 heterocycles. The Bertz CT molecular complexity index is 215. The molecule has 3 nitrogen and oxygen atoms in total. The molecule has 0 unspecified atom stereocenters. The van der Waals surface area contributed by atoms with Gasteiger partial charge in [0.15, 0.2) is 0 Å². The number of hydrogen-bond donors (Lipinski definition) is 0. The van der Waals surface area contributed by atoms with E-state index in [-0.39, 0.29) is 4.92 Å². The van der Waals surface area contributed by atoms with E-state index in [1.165, 1.54) is 12.8 Å². The van der Waals surface area contributed by atoms with Crippen LogP contribution >= 0.6 is 0 Å². The minimum absolute atomic E-state index is 0.367. The minimum Gasteiger partial charge on any atom is -0.259 e. The molecule has 0 radical (unpaired) electrons. The first-order chi connectivity index (χ1) is 6.59. The van der Waals surface area contributed by atoms with Crippen LogP contribution in [0.3, 0.4) is 0 Å². The van der Waals surface area contributed by atoms with Gasteiger partial charge in [-0.1, -0.05) is 13.8 Å². The van der Waals surface area contributed by atoms with Crippen LogP contribution in [-0.2, 0) is 0 Å². The fraction of sp³-hybridized carbons (Fsp3) is 0.818. The van der Waals surface area contributed by atoms with Crippen molar-refractivity contribution in [1.82, 2.24) is 0 Å². The van der Waals surface area contributed by atoms with Crippen molar-refractivity contribution in [1.29, 1.82) is 0 Å². The van der Waals surface area contributed by atoms with E-state index in [1.54, 1.807) is 6.08 Å². The Labute approximate surface area is 85.3 Å². The van der Waals surface area contributed by atoms with Crippen molar-refractivity contribution in [3.8, 4) is 0 Å². The number of hydrogen-bond acceptors (Lipinski definition) is 2. The second-order valence-corrected chi connectivity index (χ2v) is 4.55. The van der Waals surface area contributed by atoms with Crippen LogP contribution in [-0.4, -0.2) is 4.92 Å². The van der Waals surface area contributed by atoms with Gasteiger partial charge in [-0.05, 0) is 49.5 Å². The molecule has 0 aromatic heterocycles. The lowest BCUT2D eigenvalue weighted by Gasteiger charge is -2.28. The standard InChI is InChI=1S/C11H19NO2/c1-9(2)11-5-3-10(4-6-11)7-8-12(13)14/h7-11H,3-6H2,1-2H3/b8-7+. The van der Waals surface area contributed by atoms with Crippen molar-refractivity contribution in [3.05, 3.63) is 22.4 Å². The molecule has 1 aliphatic carbocycles. The molecule has 0 N–H and O–H groups in total. The molecule has 0 spiro atoms. The van der Waals surface area contributed by atoms with Gasteiger partial charge in [-0.3, -0.25) is 10.1 Å². The summed E-state index contributed by atoms with van der Waals surface area (Å²) >= 11 is 0. The van der Waals surface area contributed by atoms with Crippen LogP contribution in [0.2, 0.25) is 0 Å². The smallest absolute Gasteiger partial charge is 0.230 e. The maximum absolute atomic E-state index is 10.1. The maximum Gasteiger partial charge on any atom is 0.230 e. The zero-order chi connectivity index (χ0) is 10.6. The van der Waals surface area contributed by atoms with E-state index in [0.29, 0.717) is 5.92 Å². The quantitative estimate of drug-likeness (QED) is 0.515. The molecule has 0 atom stereocenters. The van der Waals surface area contributed by atoms with Gasteiger partial charge in [-0.2, -0.15) is 0 Å². The molecule has 0 aliphatic heterocycles. The summed E-state index contributed by atoms with van der Waals surface area (Å²) in [5.41, 5.74) is 0. The summed E-state index contributed by atoms with van der Waals surface area (Å²) in [5.74, 6) is 2.03. The summed E-state index contributed by atoms with van der Waals surface area (Å²) < 4.78 is 0. The van der Waals surface area contributed by atoms with E-state index in [9.17, 15) is 10.1 Å². The van der Waals surface area contributed by atoms with Crippen LogP contribution < -0.4 is 0 Å². The first kappa shape index (κ1) is 11.2. The molecular weight excluding hydrogens is 178 g/mol. The molecule has 0 amide bonds. The minimum atomic E-state index is -0.367. The average molecular weight is 197 g/mol. The van der Waals surface area contributed by atoms with Crippen molar-refractivity contribution in [3.63, 3.8) is 0 Å². The number of nitrogens with zero attached hydrogens (tertiary/aromatic N) is 1. The normalized spacial score (nSPS) is 28.5. The van der Waals surface area contributed by atoms with Gasteiger partial charge < -0.3 is 0 Å². The van der Waals surface area contributed by atoms with E-state index in [1.807, 2.05) is 0 Å². The van der Waals surface area contributed by atoms with Crippen LogP contribution in [0.15, 0.2) is 12.3 Å². The summed E-state index contributed by atoms with van der Waals surface area (Å²) in [4.78, 5) is 9.77. The second kappa shape index (κ2) is 5.13. The first-order valence-corrected chi connectivity index (χ1v) is 5.41. The third-order valence-corrected chi connectivity index (χ3v) is 3.24. The maximum atomic E-state index is 10.1. The summed E-state index contributed by atoms with van der Waals surface area (Å²) in [6.07, 6.45) is 7.55. The number of rotatable bonds is 3. The Morgan fingerprint density at radius 2 is 1.86 bits per heavy atom. The number of nitro groups is 1. The van der Waals surface area contributed by atoms with Gasteiger partial charge in [-0.25, -0.2) is 0 Å². The predicted octanol–water partition coefficient (Wildman–Crippen LogP) is 3.24. The molecule has 3 heteroatoms. The Balaban J connectivity index is 2.32. The largest absolute Gasteiger partial charge is 0.259 e. The Hall–Kier alpha value is -0.860. The van der Waals surface area contributed by atoms with Crippen LogP contribution in [0.1, 0.15) is 39.5 Å². The first-order valence-electron chi connectivity index (χ1n) is 5.41. The highest BCUT2D eigenvalue weighted by Gasteiger charge is 2.21. The van der Waals surface area contributed by atoms with Crippen molar-refractivity contribution < 1.29 is 4.92 Å². The lowest BCUT2D eigenvalue weighted by atomic mass is 9.77. The van der Waals surface area contributed by atoms with Crippen molar-refractivity contribution >= 4 is 0 Å². The van der Waals surface area contributed by atoms with Gasteiger partial charge in [0, 0.05) is 0 Å². The summed E-state index contributed by atoms with van der Waals surface area (Å²) in [6, 6.07) is 0.